The van der Waals surface area contributed by atoms with Crippen molar-refractivity contribution in [2.45, 2.75) is 26.0 Å². The highest BCUT2D eigenvalue weighted by Crippen LogP contribution is 2.21. The van der Waals surface area contributed by atoms with E-state index in [1.54, 1.807) is 32.0 Å². The van der Waals surface area contributed by atoms with E-state index in [1.165, 1.54) is 0 Å². The molecule has 0 amide bonds. The zero-order valence-corrected chi connectivity index (χ0v) is 7.86. The van der Waals surface area contributed by atoms with Crippen molar-refractivity contribution in [3.63, 3.8) is 0 Å². The molecule has 72 valence electrons. The maximum Gasteiger partial charge on any atom is 0.118 e. The van der Waals surface area contributed by atoms with Gasteiger partial charge in [-0.15, -0.1) is 0 Å². The molecule has 0 saturated heterocycles. The van der Waals surface area contributed by atoms with Crippen molar-refractivity contribution >= 4 is 0 Å². The number of phenolic OH excluding ortho intramolecular Hbond substituents is 1. The first-order valence-corrected chi connectivity index (χ1v) is 4.25. The molecule has 0 aliphatic carbocycles. The quantitative estimate of drug-likeness (QED) is 0.639. The Balaban J connectivity index is 2.97. The van der Waals surface area contributed by atoms with Crippen LogP contribution in [0.2, 0.25) is 0 Å². The Kier molecular flexibility index (Phi) is 2.90. The summed E-state index contributed by atoms with van der Waals surface area (Å²) in [6, 6.07) is 4.71. The van der Waals surface area contributed by atoms with Crippen molar-refractivity contribution in [2.75, 3.05) is 0 Å². The van der Waals surface area contributed by atoms with Gasteiger partial charge in [0.2, 0.25) is 0 Å². The monoisotopic (exact) mass is 181 g/mol. The van der Waals surface area contributed by atoms with Crippen LogP contribution in [0.3, 0.4) is 0 Å². The molecule has 0 spiro atoms. The van der Waals surface area contributed by atoms with E-state index in [0.29, 0.717) is 0 Å². The highest BCUT2D eigenvalue weighted by atomic mass is 16.3. The summed E-state index contributed by atoms with van der Waals surface area (Å²) in [6.07, 6.45) is -0.580. The lowest BCUT2D eigenvalue weighted by molar-refractivity contribution is 0.164. The Morgan fingerprint density at radius 1 is 1.38 bits per heavy atom. The first-order chi connectivity index (χ1) is 6.02. The van der Waals surface area contributed by atoms with Gasteiger partial charge in [-0.1, -0.05) is 12.1 Å². The van der Waals surface area contributed by atoms with Crippen LogP contribution in [-0.4, -0.2) is 16.3 Å². The normalized spacial score (nSPS) is 15.4. The van der Waals surface area contributed by atoms with Crippen LogP contribution in [0.15, 0.2) is 18.2 Å². The predicted octanol–water partition coefficient (Wildman–Crippen LogP) is 1.08. The van der Waals surface area contributed by atoms with Gasteiger partial charge in [-0.05, 0) is 31.0 Å². The van der Waals surface area contributed by atoms with Crippen molar-refractivity contribution < 1.29 is 10.2 Å². The molecule has 0 aliphatic heterocycles. The van der Waals surface area contributed by atoms with Crippen LogP contribution in [0.25, 0.3) is 0 Å². The number of aliphatic hydroxyl groups is 1. The molecule has 0 bridgehead atoms. The van der Waals surface area contributed by atoms with Crippen molar-refractivity contribution in [2.24, 2.45) is 5.73 Å². The van der Waals surface area contributed by atoms with Crippen LogP contribution in [0, 0.1) is 6.92 Å². The van der Waals surface area contributed by atoms with Crippen LogP contribution in [-0.2, 0) is 0 Å². The van der Waals surface area contributed by atoms with Gasteiger partial charge in [0, 0.05) is 0 Å². The summed E-state index contributed by atoms with van der Waals surface area (Å²) in [6.45, 7) is 3.44. The molecule has 0 unspecified atom stereocenters. The largest absolute Gasteiger partial charge is 0.508 e. The van der Waals surface area contributed by atoms with E-state index in [1.807, 2.05) is 0 Å². The standard InChI is InChI=1S/C10H15NO2/c1-6-5-8(3-4-9(6)13)10(11)7(2)12/h3-5,7,10,12-13H,11H2,1-2H3/t7-,10+/m0/s1. The lowest BCUT2D eigenvalue weighted by atomic mass is 10.0. The molecule has 0 saturated carbocycles. The Morgan fingerprint density at radius 2 is 2.00 bits per heavy atom. The van der Waals surface area contributed by atoms with Gasteiger partial charge in [0.1, 0.15) is 5.75 Å². The zero-order chi connectivity index (χ0) is 10.0. The average Bonchev–Trinajstić information content (AvgIpc) is 2.08. The van der Waals surface area contributed by atoms with E-state index >= 15 is 0 Å². The van der Waals surface area contributed by atoms with Gasteiger partial charge in [-0.3, -0.25) is 0 Å². The number of nitrogens with two attached hydrogens (primary N) is 1. The number of aryl methyl sites for hydroxylation is 1. The molecule has 0 aliphatic rings. The van der Waals surface area contributed by atoms with Gasteiger partial charge in [0.05, 0.1) is 12.1 Å². The second-order valence-corrected chi connectivity index (χ2v) is 3.31. The Bertz CT molecular complexity index is 297. The van der Waals surface area contributed by atoms with E-state index in [4.69, 9.17) is 5.73 Å². The van der Waals surface area contributed by atoms with Crippen LogP contribution in [0.5, 0.6) is 5.75 Å². The number of aromatic hydroxyl groups is 1. The number of aliphatic hydroxyl groups excluding tert-OH is 1. The van der Waals surface area contributed by atoms with Gasteiger partial charge in [-0.2, -0.15) is 0 Å². The topological polar surface area (TPSA) is 66.5 Å². The molecule has 3 nitrogen and oxygen atoms in total. The second kappa shape index (κ2) is 3.77. The van der Waals surface area contributed by atoms with Gasteiger partial charge < -0.3 is 15.9 Å². The molecule has 2 atom stereocenters. The third-order valence-electron chi connectivity index (χ3n) is 2.13. The van der Waals surface area contributed by atoms with E-state index in [0.717, 1.165) is 11.1 Å². The first kappa shape index (κ1) is 10.0. The van der Waals surface area contributed by atoms with Crippen LogP contribution in [0.4, 0.5) is 0 Å². The molecule has 0 fully saturated rings. The fourth-order valence-corrected chi connectivity index (χ4v) is 1.16. The predicted molar refractivity (Wildman–Crippen MR) is 51.5 cm³/mol. The summed E-state index contributed by atoms with van der Waals surface area (Å²) in [5.74, 6) is 0.251. The average molecular weight is 181 g/mol. The van der Waals surface area contributed by atoms with Crippen molar-refractivity contribution in [1.82, 2.24) is 0 Å². The summed E-state index contributed by atoms with van der Waals surface area (Å²) >= 11 is 0. The number of benzene rings is 1. The zero-order valence-electron chi connectivity index (χ0n) is 7.86. The van der Waals surface area contributed by atoms with Crippen molar-refractivity contribution in [1.29, 1.82) is 0 Å². The van der Waals surface area contributed by atoms with E-state index in [2.05, 4.69) is 0 Å². The molecule has 4 N–H and O–H groups in total. The molecule has 0 heterocycles. The summed E-state index contributed by atoms with van der Waals surface area (Å²) in [4.78, 5) is 0. The maximum atomic E-state index is 9.26. The summed E-state index contributed by atoms with van der Waals surface area (Å²) in [5.41, 5.74) is 7.34. The van der Waals surface area contributed by atoms with Gasteiger partial charge in [0.25, 0.3) is 0 Å². The molecule has 1 aromatic rings. The highest BCUT2D eigenvalue weighted by Gasteiger charge is 2.12. The summed E-state index contributed by atoms with van der Waals surface area (Å²) in [7, 11) is 0. The lowest BCUT2D eigenvalue weighted by Gasteiger charge is -2.15. The Morgan fingerprint density at radius 3 is 2.46 bits per heavy atom. The maximum absolute atomic E-state index is 9.26. The molecule has 3 heteroatoms. The fraction of sp³-hybridized carbons (Fsp3) is 0.400. The van der Waals surface area contributed by atoms with Crippen molar-refractivity contribution in [3.8, 4) is 5.75 Å². The van der Waals surface area contributed by atoms with E-state index < -0.39 is 6.10 Å². The SMILES string of the molecule is Cc1cc([C@H](N)[C@H](C)O)ccc1O. The lowest BCUT2D eigenvalue weighted by Crippen LogP contribution is -2.23. The molecular formula is C10H15NO2. The molecule has 13 heavy (non-hydrogen) atoms. The summed E-state index contributed by atoms with van der Waals surface area (Å²) < 4.78 is 0. The minimum absolute atomic E-state index is 0.251. The number of hydrogen-bond acceptors (Lipinski definition) is 3. The van der Waals surface area contributed by atoms with E-state index in [-0.39, 0.29) is 11.8 Å². The highest BCUT2D eigenvalue weighted by molar-refractivity contribution is 5.36. The van der Waals surface area contributed by atoms with Gasteiger partial charge in [-0.25, -0.2) is 0 Å². The van der Waals surface area contributed by atoms with Gasteiger partial charge in [0.15, 0.2) is 0 Å². The van der Waals surface area contributed by atoms with Crippen LogP contribution < -0.4 is 5.73 Å². The first-order valence-electron chi connectivity index (χ1n) is 4.25. The molecule has 1 aromatic carbocycles. The van der Waals surface area contributed by atoms with Crippen molar-refractivity contribution in [3.05, 3.63) is 29.3 Å². The van der Waals surface area contributed by atoms with Crippen LogP contribution in [0.1, 0.15) is 24.1 Å². The smallest absolute Gasteiger partial charge is 0.118 e. The Labute approximate surface area is 77.8 Å². The van der Waals surface area contributed by atoms with E-state index in [9.17, 15) is 10.2 Å². The minimum atomic E-state index is -0.580. The molecular weight excluding hydrogens is 166 g/mol. The van der Waals surface area contributed by atoms with Gasteiger partial charge >= 0.3 is 0 Å². The number of hydrogen-bond donors (Lipinski definition) is 3. The molecule has 0 aromatic heterocycles. The molecule has 0 radical (unpaired) electrons. The minimum Gasteiger partial charge on any atom is -0.508 e. The number of rotatable bonds is 2. The third kappa shape index (κ3) is 2.20. The molecule has 1 rings (SSSR count). The fourth-order valence-electron chi connectivity index (χ4n) is 1.16. The summed E-state index contributed by atoms with van der Waals surface area (Å²) in [5, 5.41) is 18.5. The second-order valence-electron chi connectivity index (χ2n) is 3.31. The third-order valence-corrected chi connectivity index (χ3v) is 2.13. The van der Waals surface area contributed by atoms with Crippen LogP contribution >= 0.6 is 0 Å². The number of phenols is 1. The Hall–Kier alpha value is -1.06.